The molecule has 13 heavy (non-hydrogen) atoms. The monoisotopic (exact) mass is 185 g/mol. The number of nitrogens with zero attached hydrogens (tertiary/aromatic N) is 4. The Labute approximate surface area is 74.7 Å². The molecule has 2 N–H and O–H groups in total. The standard InChI is InChI=1S/C6H11N5O2/c7-3-1-2-4-10-5-8-6(9-10)11(12)13/h5H,1-4,7H2. The van der Waals surface area contributed by atoms with Gasteiger partial charge in [0.25, 0.3) is 0 Å². The van der Waals surface area contributed by atoms with E-state index in [0.29, 0.717) is 13.1 Å². The lowest BCUT2D eigenvalue weighted by atomic mass is 10.3. The van der Waals surface area contributed by atoms with E-state index in [9.17, 15) is 10.1 Å². The number of aryl methyl sites for hydroxylation is 1. The Balaban J connectivity index is 2.44. The van der Waals surface area contributed by atoms with Crippen LogP contribution in [0.2, 0.25) is 0 Å². The summed E-state index contributed by atoms with van der Waals surface area (Å²) >= 11 is 0. The molecule has 0 radical (unpaired) electrons. The molecule has 1 heterocycles. The van der Waals surface area contributed by atoms with Crippen LogP contribution in [0.1, 0.15) is 12.8 Å². The lowest BCUT2D eigenvalue weighted by Gasteiger charge is -1.93. The van der Waals surface area contributed by atoms with Crippen molar-refractivity contribution in [3.05, 3.63) is 16.4 Å². The highest BCUT2D eigenvalue weighted by atomic mass is 16.6. The third-order valence-corrected chi connectivity index (χ3v) is 1.53. The van der Waals surface area contributed by atoms with Gasteiger partial charge in [-0.25, -0.2) is 0 Å². The highest BCUT2D eigenvalue weighted by molar-refractivity contribution is 4.96. The van der Waals surface area contributed by atoms with Crippen LogP contribution in [0.3, 0.4) is 0 Å². The quantitative estimate of drug-likeness (QED) is 0.393. The van der Waals surface area contributed by atoms with E-state index >= 15 is 0 Å². The van der Waals surface area contributed by atoms with Gasteiger partial charge in [0, 0.05) is 5.10 Å². The van der Waals surface area contributed by atoms with Crippen molar-refractivity contribution in [2.75, 3.05) is 6.54 Å². The van der Waals surface area contributed by atoms with E-state index in [1.807, 2.05) is 0 Å². The van der Waals surface area contributed by atoms with Gasteiger partial charge in [-0.05, 0) is 24.3 Å². The van der Waals surface area contributed by atoms with Crippen molar-refractivity contribution in [3.8, 4) is 0 Å². The fraction of sp³-hybridized carbons (Fsp3) is 0.667. The summed E-state index contributed by atoms with van der Waals surface area (Å²) in [5.74, 6) is -0.354. The van der Waals surface area contributed by atoms with E-state index in [1.165, 1.54) is 11.0 Å². The van der Waals surface area contributed by atoms with Gasteiger partial charge in [0.05, 0.1) is 6.54 Å². The summed E-state index contributed by atoms with van der Waals surface area (Å²) in [6.45, 7) is 1.24. The Bertz CT molecular complexity index is 284. The maximum Gasteiger partial charge on any atom is 0.490 e. The van der Waals surface area contributed by atoms with E-state index < -0.39 is 4.92 Å². The zero-order valence-electron chi connectivity index (χ0n) is 7.09. The van der Waals surface area contributed by atoms with Crippen LogP contribution >= 0.6 is 0 Å². The van der Waals surface area contributed by atoms with Gasteiger partial charge >= 0.3 is 5.95 Å². The average Bonchev–Trinajstić information content (AvgIpc) is 2.53. The molecule has 0 bridgehead atoms. The zero-order valence-corrected chi connectivity index (χ0v) is 7.09. The Morgan fingerprint density at radius 1 is 1.62 bits per heavy atom. The van der Waals surface area contributed by atoms with Crippen LogP contribution in [-0.2, 0) is 6.54 Å². The van der Waals surface area contributed by atoms with Crippen LogP contribution in [0.15, 0.2) is 6.33 Å². The van der Waals surface area contributed by atoms with E-state index in [4.69, 9.17) is 5.73 Å². The first-order valence-electron chi connectivity index (χ1n) is 3.98. The molecule has 1 rings (SSSR count). The molecule has 0 unspecified atom stereocenters. The zero-order chi connectivity index (χ0) is 9.68. The highest BCUT2D eigenvalue weighted by Crippen LogP contribution is 2.00. The molecule has 0 aliphatic rings. The van der Waals surface area contributed by atoms with Crippen molar-refractivity contribution < 1.29 is 4.92 Å². The number of aromatic nitrogens is 3. The van der Waals surface area contributed by atoms with Crippen LogP contribution in [-0.4, -0.2) is 26.2 Å². The summed E-state index contributed by atoms with van der Waals surface area (Å²) in [6, 6.07) is 0. The Kier molecular flexibility index (Phi) is 3.32. The smallest absolute Gasteiger partial charge is 0.390 e. The largest absolute Gasteiger partial charge is 0.490 e. The highest BCUT2D eigenvalue weighted by Gasteiger charge is 2.11. The second kappa shape index (κ2) is 4.51. The summed E-state index contributed by atoms with van der Waals surface area (Å²) in [4.78, 5) is 13.1. The van der Waals surface area contributed by atoms with Gasteiger partial charge in [-0.2, -0.15) is 4.68 Å². The third-order valence-electron chi connectivity index (χ3n) is 1.53. The number of nitro groups is 1. The van der Waals surface area contributed by atoms with Gasteiger partial charge < -0.3 is 15.8 Å². The van der Waals surface area contributed by atoms with Gasteiger partial charge in [-0.15, -0.1) is 0 Å². The van der Waals surface area contributed by atoms with Crippen LogP contribution in [0.25, 0.3) is 0 Å². The maximum atomic E-state index is 10.2. The Morgan fingerprint density at radius 3 is 2.92 bits per heavy atom. The molecular formula is C6H11N5O2. The normalized spacial score (nSPS) is 10.2. The molecule has 7 nitrogen and oxygen atoms in total. The Morgan fingerprint density at radius 2 is 2.38 bits per heavy atom. The molecule has 1 aromatic heterocycles. The van der Waals surface area contributed by atoms with Gasteiger partial charge in [0.1, 0.15) is 0 Å². The van der Waals surface area contributed by atoms with Gasteiger partial charge in [-0.3, -0.25) is 0 Å². The minimum Gasteiger partial charge on any atom is -0.390 e. The second-order valence-electron chi connectivity index (χ2n) is 2.56. The SMILES string of the molecule is NCCCCn1cnc([N+](=O)[O-])n1. The molecule has 7 heteroatoms. The third kappa shape index (κ3) is 2.79. The van der Waals surface area contributed by atoms with Crippen molar-refractivity contribution in [2.24, 2.45) is 5.73 Å². The number of unbranched alkanes of at least 4 members (excludes halogenated alkanes) is 1. The predicted octanol–water partition coefficient (Wildman–Crippen LogP) is -0.0748. The van der Waals surface area contributed by atoms with E-state index in [2.05, 4.69) is 10.1 Å². The van der Waals surface area contributed by atoms with Gasteiger partial charge in [0.15, 0.2) is 0 Å². The summed E-state index contributed by atoms with van der Waals surface area (Å²) in [6.07, 6.45) is 3.10. The van der Waals surface area contributed by atoms with Crippen molar-refractivity contribution in [1.29, 1.82) is 0 Å². The summed E-state index contributed by atoms with van der Waals surface area (Å²) in [7, 11) is 0. The molecule has 0 saturated heterocycles. The molecule has 0 aromatic carbocycles. The van der Waals surface area contributed by atoms with Crippen molar-refractivity contribution in [3.63, 3.8) is 0 Å². The van der Waals surface area contributed by atoms with Crippen LogP contribution < -0.4 is 5.73 Å². The molecule has 0 fully saturated rings. The Hall–Kier alpha value is -1.50. The predicted molar refractivity (Wildman–Crippen MR) is 45.0 cm³/mol. The minimum absolute atomic E-state index is 0.354. The average molecular weight is 185 g/mol. The minimum atomic E-state index is -0.612. The molecule has 0 spiro atoms. The van der Waals surface area contributed by atoms with Crippen LogP contribution in [0.4, 0.5) is 5.95 Å². The summed E-state index contributed by atoms with van der Waals surface area (Å²) < 4.78 is 1.45. The van der Waals surface area contributed by atoms with Crippen LogP contribution in [0, 0.1) is 10.1 Å². The first-order chi connectivity index (χ1) is 6.24. The molecule has 72 valence electrons. The molecule has 0 amide bonds. The van der Waals surface area contributed by atoms with Crippen molar-refractivity contribution in [2.45, 2.75) is 19.4 Å². The fourth-order valence-electron chi connectivity index (χ4n) is 0.894. The molecule has 0 saturated carbocycles. The first kappa shape index (κ1) is 9.59. The van der Waals surface area contributed by atoms with Gasteiger partial charge in [0.2, 0.25) is 6.33 Å². The molecule has 0 aliphatic carbocycles. The number of hydrogen-bond acceptors (Lipinski definition) is 5. The maximum absolute atomic E-state index is 10.2. The fourth-order valence-corrected chi connectivity index (χ4v) is 0.894. The summed E-state index contributed by atoms with van der Waals surface area (Å²) in [5.41, 5.74) is 5.29. The van der Waals surface area contributed by atoms with Crippen molar-refractivity contribution >= 4 is 5.95 Å². The molecule has 0 aliphatic heterocycles. The number of rotatable bonds is 5. The molecular weight excluding hydrogens is 174 g/mol. The van der Waals surface area contributed by atoms with E-state index in [-0.39, 0.29) is 5.95 Å². The van der Waals surface area contributed by atoms with Crippen LogP contribution in [0.5, 0.6) is 0 Å². The summed E-state index contributed by atoms with van der Waals surface area (Å²) in [5, 5.41) is 13.8. The second-order valence-corrected chi connectivity index (χ2v) is 2.56. The number of nitrogens with two attached hydrogens (primary N) is 1. The first-order valence-corrected chi connectivity index (χ1v) is 3.98. The lowest BCUT2D eigenvalue weighted by molar-refractivity contribution is -0.394. The topological polar surface area (TPSA) is 99.9 Å². The number of hydrogen-bond donors (Lipinski definition) is 1. The molecule has 1 aromatic rings. The molecule has 0 atom stereocenters. The van der Waals surface area contributed by atoms with Crippen molar-refractivity contribution in [1.82, 2.24) is 14.8 Å². The van der Waals surface area contributed by atoms with Gasteiger partial charge in [-0.1, -0.05) is 4.98 Å². The van der Waals surface area contributed by atoms with E-state index in [1.54, 1.807) is 0 Å². The lowest BCUT2D eigenvalue weighted by Crippen LogP contribution is -2.04. The van der Waals surface area contributed by atoms with E-state index in [0.717, 1.165) is 12.8 Å².